The highest BCUT2D eigenvalue weighted by Gasteiger charge is 2.28. The van der Waals surface area contributed by atoms with Crippen LogP contribution in [0.4, 0.5) is 4.79 Å². The number of amides is 3. The predicted octanol–water partition coefficient (Wildman–Crippen LogP) is 0.607. The molecular weight excluding hydrogens is 298 g/mol. The zero-order valence-corrected chi connectivity index (χ0v) is 11.8. The lowest BCUT2D eigenvalue weighted by atomic mass is 10.1. The van der Waals surface area contributed by atoms with E-state index in [1.807, 2.05) is 0 Å². The molecule has 1 saturated heterocycles. The summed E-state index contributed by atoms with van der Waals surface area (Å²) in [6.45, 7) is 0.573. The number of carbonyl (C=O) groups is 3. The second-order valence-electron chi connectivity index (χ2n) is 4.51. The van der Waals surface area contributed by atoms with E-state index in [-0.39, 0.29) is 17.5 Å². The number of carboxylic acids is 1. The minimum absolute atomic E-state index is 0.0965. The summed E-state index contributed by atoms with van der Waals surface area (Å²) in [7, 11) is 0. The first-order chi connectivity index (χ1) is 9.99. The SMILES string of the molecule is O=C1CN(C(=O)N[C@@H](C(=O)O)c2ccccc2Cl)CCN1. The molecule has 1 fully saturated rings. The fraction of sp³-hybridized carbons (Fsp3) is 0.308. The molecule has 0 aliphatic carbocycles. The zero-order valence-electron chi connectivity index (χ0n) is 11.0. The summed E-state index contributed by atoms with van der Waals surface area (Å²) in [6.07, 6.45) is 0. The summed E-state index contributed by atoms with van der Waals surface area (Å²) in [5, 5.41) is 14.5. The number of carbonyl (C=O) groups excluding carboxylic acids is 2. The number of nitrogens with zero attached hydrogens (tertiary/aromatic N) is 1. The van der Waals surface area contributed by atoms with Crippen molar-refractivity contribution in [2.75, 3.05) is 19.6 Å². The second-order valence-corrected chi connectivity index (χ2v) is 4.92. The molecule has 1 aromatic carbocycles. The Labute approximate surface area is 125 Å². The number of nitrogens with one attached hydrogen (secondary N) is 2. The van der Waals surface area contributed by atoms with Crippen LogP contribution in [0.3, 0.4) is 0 Å². The molecule has 2 rings (SSSR count). The molecule has 3 N–H and O–H groups in total. The topological polar surface area (TPSA) is 98.7 Å². The van der Waals surface area contributed by atoms with Gasteiger partial charge in [-0.3, -0.25) is 4.79 Å². The Morgan fingerprint density at radius 2 is 2.10 bits per heavy atom. The third-order valence-corrected chi connectivity index (χ3v) is 3.40. The molecular formula is C13H14ClN3O4. The lowest BCUT2D eigenvalue weighted by Gasteiger charge is -2.28. The molecule has 8 heteroatoms. The molecule has 0 aromatic heterocycles. The highest BCUT2D eigenvalue weighted by molar-refractivity contribution is 6.31. The molecule has 0 unspecified atom stereocenters. The monoisotopic (exact) mass is 311 g/mol. The Kier molecular flexibility index (Phi) is 4.64. The summed E-state index contributed by atoms with van der Waals surface area (Å²) < 4.78 is 0. The van der Waals surface area contributed by atoms with E-state index in [9.17, 15) is 19.5 Å². The van der Waals surface area contributed by atoms with Crippen LogP contribution >= 0.6 is 11.6 Å². The number of piperazine rings is 1. The molecule has 1 atom stereocenters. The predicted molar refractivity (Wildman–Crippen MR) is 74.9 cm³/mol. The number of urea groups is 1. The van der Waals surface area contributed by atoms with E-state index in [1.54, 1.807) is 18.2 Å². The molecule has 21 heavy (non-hydrogen) atoms. The smallest absolute Gasteiger partial charge is 0.331 e. The van der Waals surface area contributed by atoms with E-state index in [2.05, 4.69) is 10.6 Å². The van der Waals surface area contributed by atoms with Gasteiger partial charge in [0.1, 0.15) is 6.54 Å². The average molecular weight is 312 g/mol. The molecule has 7 nitrogen and oxygen atoms in total. The summed E-state index contributed by atoms with van der Waals surface area (Å²) in [5.41, 5.74) is 0.293. The maximum Gasteiger partial charge on any atom is 0.331 e. The van der Waals surface area contributed by atoms with Gasteiger partial charge in [-0.2, -0.15) is 0 Å². The maximum absolute atomic E-state index is 12.1. The van der Waals surface area contributed by atoms with Crippen LogP contribution in [0.2, 0.25) is 5.02 Å². The molecule has 0 saturated carbocycles. The highest BCUT2D eigenvalue weighted by atomic mass is 35.5. The van der Waals surface area contributed by atoms with Crippen LogP contribution in [-0.4, -0.2) is 47.5 Å². The Morgan fingerprint density at radius 1 is 1.38 bits per heavy atom. The van der Waals surface area contributed by atoms with Crippen LogP contribution in [0.5, 0.6) is 0 Å². The zero-order chi connectivity index (χ0) is 15.4. The lowest BCUT2D eigenvalue weighted by molar-refractivity contribution is -0.139. The van der Waals surface area contributed by atoms with Crippen molar-refractivity contribution < 1.29 is 19.5 Å². The van der Waals surface area contributed by atoms with Crippen molar-refractivity contribution in [1.82, 2.24) is 15.5 Å². The second kappa shape index (κ2) is 6.45. The van der Waals surface area contributed by atoms with Crippen LogP contribution in [0.15, 0.2) is 24.3 Å². The van der Waals surface area contributed by atoms with Crippen molar-refractivity contribution in [2.45, 2.75) is 6.04 Å². The molecule has 0 spiro atoms. The Hall–Kier alpha value is -2.28. The fourth-order valence-corrected chi connectivity index (χ4v) is 2.25. The minimum atomic E-state index is -1.27. The number of hydrogen-bond acceptors (Lipinski definition) is 3. The summed E-state index contributed by atoms with van der Waals surface area (Å²) in [5.74, 6) is -1.50. The first-order valence-electron chi connectivity index (χ1n) is 6.28. The van der Waals surface area contributed by atoms with Gasteiger partial charge in [0, 0.05) is 23.7 Å². The van der Waals surface area contributed by atoms with Crippen LogP contribution in [-0.2, 0) is 9.59 Å². The number of halogens is 1. The van der Waals surface area contributed by atoms with Gasteiger partial charge in [-0.05, 0) is 6.07 Å². The molecule has 1 aliphatic rings. The molecule has 1 aromatic rings. The Balaban J connectivity index is 2.13. The Bertz CT molecular complexity index is 578. The molecule has 112 valence electrons. The number of carboxylic acid groups (broad SMARTS) is 1. The van der Waals surface area contributed by atoms with E-state index in [1.165, 1.54) is 11.0 Å². The summed E-state index contributed by atoms with van der Waals surface area (Å²) in [4.78, 5) is 35.9. The van der Waals surface area contributed by atoms with E-state index >= 15 is 0 Å². The normalized spacial score (nSPS) is 16.0. The van der Waals surface area contributed by atoms with Crippen LogP contribution < -0.4 is 10.6 Å². The van der Waals surface area contributed by atoms with Gasteiger partial charge in [-0.1, -0.05) is 29.8 Å². The van der Waals surface area contributed by atoms with Crippen molar-refractivity contribution in [3.63, 3.8) is 0 Å². The first-order valence-corrected chi connectivity index (χ1v) is 6.66. The molecule has 3 amide bonds. The standard InChI is InChI=1S/C13H14ClN3O4/c14-9-4-2-1-3-8(9)11(12(19)20)16-13(21)17-6-5-15-10(18)7-17/h1-4,11H,5-7H2,(H,15,18)(H,16,21)(H,19,20)/t11-/m1/s1. The van der Waals surface area contributed by atoms with E-state index < -0.39 is 18.0 Å². The summed E-state index contributed by atoms with van der Waals surface area (Å²) >= 11 is 5.96. The van der Waals surface area contributed by atoms with Crippen LogP contribution in [0.1, 0.15) is 11.6 Å². The van der Waals surface area contributed by atoms with E-state index in [0.717, 1.165) is 0 Å². The van der Waals surface area contributed by atoms with Gasteiger partial charge >= 0.3 is 12.0 Å². The van der Waals surface area contributed by atoms with Gasteiger partial charge in [0.15, 0.2) is 6.04 Å². The van der Waals surface area contributed by atoms with Gasteiger partial charge in [-0.25, -0.2) is 9.59 Å². The minimum Gasteiger partial charge on any atom is -0.479 e. The highest BCUT2D eigenvalue weighted by Crippen LogP contribution is 2.23. The van der Waals surface area contributed by atoms with Gasteiger partial charge in [0.2, 0.25) is 5.91 Å². The fourth-order valence-electron chi connectivity index (χ4n) is 2.01. The number of aliphatic carboxylic acids is 1. The Morgan fingerprint density at radius 3 is 2.71 bits per heavy atom. The molecule has 0 bridgehead atoms. The van der Waals surface area contributed by atoms with E-state index in [0.29, 0.717) is 18.7 Å². The van der Waals surface area contributed by atoms with Crippen molar-refractivity contribution in [1.29, 1.82) is 0 Å². The third-order valence-electron chi connectivity index (χ3n) is 3.06. The van der Waals surface area contributed by atoms with Crippen molar-refractivity contribution >= 4 is 29.5 Å². The van der Waals surface area contributed by atoms with Crippen molar-refractivity contribution in [3.8, 4) is 0 Å². The third kappa shape index (κ3) is 3.63. The van der Waals surface area contributed by atoms with Gasteiger partial charge in [-0.15, -0.1) is 0 Å². The van der Waals surface area contributed by atoms with E-state index in [4.69, 9.17) is 11.6 Å². The largest absolute Gasteiger partial charge is 0.479 e. The van der Waals surface area contributed by atoms with Crippen molar-refractivity contribution in [3.05, 3.63) is 34.9 Å². The number of benzene rings is 1. The molecule has 1 heterocycles. The van der Waals surface area contributed by atoms with Gasteiger partial charge < -0.3 is 20.6 Å². The van der Waals surface area contributed by atoms with Gasteiger partial charge in [0.05, 0.1) is 0 Å². The maximum atomic E-state index is 12.1. The summed E-state index contributed by atoms with van der Waals surface area (Å²) in [6, 6.07) is 4.50. The van der Waals surface area contributed by atoms with Crippen molar-refractivity contribution in [2.24, 2.45) is 0 Å². The quantitative estimate of drug-likeness (QED) is 0.761. The van der Waals surface area contributed by atoms with Crippen LogP contribution in [0, 0.1) is 0 Å². The lowest BCUT2D eigenvalue weighted by Crippen LogP contribution is -2.54. The molecule has 0 radical (unpaired) electrons. The van der Waals surface area contributed by atoms with Crippen LogP contribution in [0.25, 0.3) is 0 Å². The first kappa shape index (κ1) is 15.1. The average Bonchev–Trinajstić information content (AvgIpc) is 2.45. The van der Waals surface area contributed by atoms with Gasteiger partial charge in [0.25, 0.3) is 0 Å². The number of hydrogen-bond donors (Lipinski definition) is 3. The number of rotatable bonds is 3. The molecule has 1 aliphatic heterocycles.